The third-order valence-corrected chi connectivity index (χ3v) is 4.10. The van der Waals surface area contributed by atoms with Crippen LogP contribution in [0.25, 0.3) is 0 Å². The lowest BCUT2D eigenvalue weighted by molar-refractivity contribution is 0.0950. The molecule has 0 radical (unpaired) electrons. The van der Waals surface area contributed by atoms with Crippen molar-refractivity contribution in [3.63, 3.8) is 0 Å². The molecule has 1 amide bonds. The lowest BCUT2D eigenvalue weighted by Crippen LogP contribution is -2.23. The van der Waals surface area contributed by atoms with Crippen LogP contribution >= 0.6 is 27.3 Å². The van der Waals surface area contributed by atoms with Gasteiger partial charge in [-0.2, -0.15) is 0 Å². The van der Waals surface area contributed by atoms with E-state index in [1.54, 1.807) is 30.5 Å². The molecule has 0 fully saturated rings. The van der Waals surface area contributed by atoms with Crippen LogP contribution in [0.3, 0.4) is 0 Å². The second-order valence-corrected chi connectivity index (χ2v) is 5.73. The fraction of sp³-hybridized carbons (Fsp3) is 0.167. The van der Waals surface area contributed by atoms with Gasteiger partial charge in [0.2, 0.25) is 0 Å². The Labute approximate surface area is 117 Å². The van der Waals surface area contributed by atoms with Crippen molar-refractivity contribution in [1.82, 2.24) is 10.3 Å². The molecule has 0 aliphatic heterocycles. The molecule has 6 heteroatoms. The van der Waals surface area contributed by atoms with Crippen molar-refractivity contribution in [3.05, 3.63) is 44.3 Å². The maximum atomic E-state index is 12.0. The molecule has 2 heterocycles. The van der Waals surface area contributed by atoms with Crippen LogP contribution in [0.2, 0.25) is 0 Å². The quantitative estimate of drug-likeness (QED) is 0.911. The molecule has 18 heavy (non-hydrogen) atoms. The van der Waals surface area contributed by atoms with E-state index in [2.05, 4.69) is 26.2 Å². The number of rotatable bonds is 3. The molecule has 0 aliphatic rings. The fourth-order valence-electron chi connectivity index (χ4n) is 1.49. The Hall–Kier alpha value is -1.40. The first-order valence-electron chi connectivity index (χ1n) is 5.29. The van der Waals surface area contributed by atoms with Gasteiger partial charge in [0.15, 0.2) is 0 Å². The van der Waals surface area contributed by atoms with Crippen molar-refractivity contribution in [3.8, 4) is 0 Å². The van der Waals surface area contributed by atoms with Gasteiger partial charge in [-0.05, 0) is 35.0 Å². The van der Waals surface area contributed by atoms with Crippen LogP contribution in [0, 0.1) is 6.92 Å². The summed E-state index contributed by atoms with van der Waals surface area (Å²) in [5.74, 6) is -0.156. The number of nitrogens with zero attached hydrogens (tertiary/aromatic N) is 1. The van der Waals surface area contributed by atoms with Gasteiger partial charge in [-0.15, -0.1) is 11.3 Å². The number of hydrogen-bond acceptors (Lipinski definition) is 4. The van der Waals surface area contributed by atoms with Crippen LogP contribution in [-0.4, -0.2) is 10.9 Å². The number of carbonyl (C=O) groups excluding carboxylic acids is 1. The molecule has 2 aromatic heterocycles. The number of aromatic nitrogens is 1. The van der Waals surface area contributed by atoms with E-state index in [0.717, 1.165) is 9.35 Å². The SMILES string of the molecule is Cc1ncc(N)cc1C(=O)NCc1cc(Br)cs1. The molecule has 2 aromatic rings. The summed E-state index contributed by atoms with van der Waals surface area (Å²) in [6.07, 6.45) is 1.54. The molecule has 0 unspecified atom stereocenters. The summed E-state index contributed by atoms with van der Waals surface area (Å²) >= 11 is 4.97. The number of thiophene rings is 1. The maximum Gasteiger partial charge on any atom is 0.253 e. The van der Waals surface area contributed by atoms with E-state index in [9.17, 15) is 4.79 Å². The number of halogens is 1. The monoisotopic (exact) mass is 325 g/mol. The Kier molecular flexibility index (Phi) is 3.98. The number of amides is 1. The summed E-state index contributed by atoms with van der Waals surface area (Å²) in [5.41, 5.74) is 7.31. The van der Waals surface area contributed by atoms with E-state index < -0.39 is 0 Å². The maximum absolute atomic E-state index is 12.0. The second-order valence-electron chi connectivity index (χ2n) is 3.82. The minimum Gasteiger partial charge on any atom is -0.397 e. The average Bonchev–Trinajstić information content (AvgIpc) is 2.75. The minimum absolute atomic E-state index is 0.156. The number of anilines is 1. The zero-order valence-corrected chi connectivity index (χ0v) is 12.1. The van der Waals surface area contributed by atoms with Crippen molar-refractivity contribution < 1.29 is 4.79 Å². The minimum atomic E-state index is -0.156. The van der Waals surface area contributed by atoms with Gasteiger partial charge >= 0.3 is 0 Å². The summed E-state index contributed by atoms with van der Waals surface area (Å²) in [4.78, 5) is 17.1. The first-order valence-corrected chi connectivity index (χ1v) is 6.97. The number of carbonyl (C=O) groups is 1. The van der Waals surface area contributed by atoms with Crippen molar-refractivity contribution >= 4 is 38.9 Å². The number of pyridine rings is 1. The van der Waals surface area contributed by atoms with Gasteiger partial charge in [-0.3, -0.25) is 9.78 Å². The van der Waals surface area contributed by atoms with Gasteiger partial charge in [0.05, 0.1) is 29.7 Å². The molecular weight excluding hydrogens is 314 g/mol. The summed E-state index contributed by atoms with van der Waals surface area (Å²) in [6.45, 7) is 2.29. The zero-order chi connectivity index (χ0) is 13.1. The standard InChI is InChI=1S/C12H12BrN3OS/c1-7-11(3-9(14)4-15-7)12(17)16-5-10-2-8(13)6-18-10/h2-4,6H,5,14H2,1H3,(H,16,17). The molecule has 0 atom stereocenters. The van der Waals surface area contributed by atoms with Crippen LogP contribution < -0.4 is 11.1 Å². The van der Waals surface area contributed by atoms with E-state index in [1.807, 2.05) is 11.4 Å². The smallest absolute Gasteiger partial charge is 0.253 e. The summed E-state index contributed by atoms with van der Waals surface area (Å²) in [7, 11) is 0. The molecular formula is C12H12BrN3OS. The first-order chi connectivity index (χ1) is 8.56. The fourth-order valence-corrected chi connectivity index (χ4v) is 2.88. The molecule has 3 N–H and O–H groups in total. The van der Waals surface area contributed by atoms with Crippen molar-refractivity contribution in [2.75, 3.05) is 5.73 Å². The highest BCUT2D eigenvalue weighted by Crippen LogP contribution is 2.19. The van der Waals surface area contributed by atoms with E-state index in [4.69, 9.17) is 5.73 Å². The molecule has 0 aliphatic carbocycles. The van der Waals surface area contributed by atoms with Crippen LogP contribution in [0.4, 0.5) is 5.69 Å². The molecule has 4 nitrogen and oxygen atoms in total. The number of hydrogen-bond donors (Lipinski definition) is 2. The third-order valence-electron chi connectivity index (χ3n) is 2.40. The largest absolute Gasteiger partial charge is 0.397 e. The molecule has 0 saturated carbocycles. The molecule has 0 bridgehead atoms. The Bertz CT molecular complexity index is 582. The van der Waals surface area contributed by atoms with Gasteiger partial charge in [0, 0.05) is 14.7 Å². The van der Waals surface area contributed by atoms with Gasteiger partial charge in [-0.25, -0.2) is 0 Å². The highest BCUT2D eigenvalue weighted by Gasteiger charge is 2.10. The van der Waals surface area contributed by atoms with Crippen molar-refractivity contribution in [1.29, 1.82) is 0 Å². The normalized spacial score (nSPS) is 10.3. The molecule has 2 rings (SSSR count). The average molecular weight is 326 g/mol. The highest BCUT2D eigenvalue weighted by atomic mass is 79.9. The zero-order valence-electron chi connectivity index (χ0n) is 9.74. The Balaban J connectivity index is 2.05. The predicted molar refractivity (Wildman–Crippen MR) is 76.6 cm³/mol. The predicted octanol–water partition coefficient (Wildman–Crippen LogP) is 2.73. The topological polar surface area (TPSA) is 68.0 Å². The lowest BCUT2D eigenvalue weighted by atomic mass is 10.2. The van der Waals surface area contributed by atoms with Crippen LogP contribution in [0.1, 0.15) is 20.9 Å². The van der Waals surface area contributed by atoms with Gasteiger partial charge in [-0.1, -0.05) is 0 Å². The van der Waals surface area contributed by atoms with E-state index in [-0.39, 0.29) is 5.91 Å². The van der Waals surface area contributed by atoms with E-state index in [0.29, 0.717) is 23.5 Å². The first kappa shape index (κ1) is 13.0. The van der Waals surface area contributed by atoms with Crippen LogP contribution in [0.5, 0.6) is 0 Å². The molecule has 0 spiro atoms. The second kappa shape index (κ2) is 5.49. The van der Waals surface area contributed by atoms with E-state index >= 15 is 0 Å². The Morgan fingerprint density at radius 3 is 3.00 bits per heavy atom. The van der Waals surface area contributed by atoms with Gasteiger partial charge in [0.25, 0.3) is 5.91 Å². The summed E-state index contributed by atoms with van der Waals surface area (Å²) in [5, 5.41) is 4.83. The Morgan fingerprint density at radius 2 is 2.33 bits per heavy atom. The van der Waals surface area contributed by atoms with Crippen LogP contribution in [-0.2, 0) is 6.54 Å². The molecule has 0 saturated heterocycles. The van der Waals surface area contributed by atoms with Gasteiger partial charge in [0.1, 0.15) is 0 Å². The summed E-state index contributed by atoms with van der Waals surface area (Å²) in [6, 6.07) is 3.62. The van der Waals surface area contributed by atoms with Crippen molar-refractivity contribution in [2.45, 2.75) is 13.5 Å². The summed E-state index contributed by atoms with van der Waals surface area (Å²) < 4.78 is 1.03. The highest BCUT2D eigenvalue weighted by molar-refractivity contribution is 9.10. The van der Waals surface area contributed by atoms with Gasteiger partial charge < -0.3 is 11.1 Å². The van der Waals surface area contributed by atoms with Crippen molar-refractivity contribution in [2.24, 2.45) is 0 Å². The molecule has 0 aromatic carbocycles. The van der Waals surface area contributed by atoms with E-state index in [1.165, 1.54) is 0 Å². The lowest BCUT2D eigenvalue weighted by Gasteiger charge is -2.06. The Morgan fingerprint density at radius 1 is 1.56 bits per heavy atom. The number of nitrogens with one attached hydrogen (secondary N) is 1. The van der Waals surface area contributed by atoms with Crippen LogP contribution in [0.15, 0.2) is 28.2 Å². The number of nitrogens with two attached hydrogens (primary N) is 1. The third kappa shape index (κ3) is 3.08. The number of nitrogen functional groups attached to an aromatic ring is 1. The molecule has 94 valence electrons. The number of aryl methyl sites for hydroxylation is 1.